The number of fused-ring (bicyclic) bond motifs is 18. The fraction of sp³-hybridized carbons (Fsp3) is 0.0169. The van der Waals surface area contributed by atoms with E-state index >= 15 is 0 Å². The van der Waals surface area contributed by atoms with Gasteiger partial charge < -0.3 is 13.7 Å². The van der Waals surface area contributed by atoms with Gasteiger partial charge >= 0.3 is 0 Å². The van der Waals surface area contributed by atoms with Crippen LogP contribution in [0.2, 0.25) is 0 Å². The van der Waals surface area contributed by atoms with Gasteiger partial charge in [-0.3, -0.25) is 0 Å². The molecule has 0 amide bonds. The van der Waals surface area contributed by atoms with E-state index in [1.807, 2.05) is 18.2 Å². The summed E-state index contributed by atoms with van der Waals surface area (Å²) in [6.07, 6.45) is 0. The number of nitrogens with zero attached hydrogens (tertiary/aromatic N) is 1. The van der Waals surface area contributed by atoms with Crippen LogP contribution < -0.4 is 4.90 Å². The number of benzene rings is 10. The van der Waals surface area contributed by atoms with Crippen molar-refractivity contribution in [1.82, 2.24) is 0 Å². The Labute approximate surface area is 357 Å². The van der Waals surface area contributed by atoms with Crippen LogP contribution >= 0.6 is 0 Å². The van der Waals surface area contributed by atoms with Crippen LogP contribution in [0.25, 0.3) is 88.0 Å². The van der Waals surface area contributed by atoms with Gasteiger partial charge in [-0.15, -0.1) is 0 Å². The van der Waals surface area contributed by atoms with Crippen LogP contribution in [0.5, 0.6) is 0 Å². The highest BCUT2D eigenvalue weighted by atomic mass is 16.3. The molecule has 0 atom stereocenters. The van der Waals surface area contributed by atoms with E-state index in [0.29, 0.717) is 0 Å². The van der Waals surface area contributed by atoms with Crippen LogP contribution in [-0.4, -0.2) is 0 Å². The Balaban J connectivity index is 1.10. The predicted octanol–water partition coefficient (Wildman–Crippen LogP) is 16.1. The van der Waals surface area contributed by atoms with Crippen LogP contribution in [0.3, 0.4) is 0 Å². The smallest absolute Gasteiger partial charge is 0.143 e. The molecule has 14 rings (SSSR count). The van der Waals surface area contributed by atoms with Gasteiger partial charge in [0.25, 0.3) is 0 Å². The van der Waals surface area contributed by atoms with Gasteiger partial charge in [0, 0.05) is 44.2 Å². The maximum Gasteiger partial charge on any atom is 0.143 e. The predicted molar refractivity (Wildman–Crippen MR) is 255 cm³/mol. The first-order valence-corrected chi connectivity index (χ1v) is 21.3. The molecule has 0 bridgehead atoms. The number of hydrogen-bond acceptors (Lipinski definition) is 3. The van der Waals surface area contributed by atoms with E-state index < -0.39 is 5.41 Å². The molecule has 2 heterocycles. The molecule has 12 aromatic rings. The fourth-order valence-corrected chi connectivity index (χ4v) is 11.2. The average molecular weight is 790 g/mol. The Morgan fingerprint density at radius 2 is 0.871 bits per heavy atom. The van der Waals surface area contributed by atoms with Crippen LogP contribution in [0, 0.1) is 0 Å². The molecule has 3 heteroatoms. The van der Waals surface area contributed by atoms with Gasteiger partial charge in [0.2, 0.25) is 0 Å². The van der Waals surface area contributed by atoms with Crippen LogP contribution in [0.4, 0.5) is 17.1 Å². The lowest BCUT2D eigenvalue weighted by Crippen LogP contribution is -2.26. The number of para-hydroxylation sites is 2. The van der Waals surface area contributed by atoms with Gasteiger partial charge in [0.1, 0.15) is 22.3 Å². The molecule has 2 aliphatic carbocycles. The lowest BCUT2D eigenvalue weighted by molar-refractivity contribution is 0.663. The molecular formula is C59H35NO2. The first kappa shape index (κ1) is 33.7. The highest BCUT2D eigenvalue weighted by Crippen LogP contribution is 2.63. The lowest BCUT2D eigenvalue weighted by atomic mass is 9.70. The molecule has 2 aliphatic rings. The maximum absolute atomic E-state index is 7.03. The highest BCUT2D eigenvalue weighted by Gasteiger charge is 2.51. The van der Waals surface area contributed by atoms with Crippen molar-refractivity contribution in [3.8, 4) is 33.4 Å². The summed E-state index contributed by atoms with van der Waals surface area (Å²) in [6.45, 7) is 0. The molecule has 0 N–H and O–H groups in total. The van der Waals surface area contributed by atoms with Crippen molar-refractivity contribution < 1.29 is 8.83 Å². The summed E-state index contributed by atoms with van der Waals surface area (Å²) in [5, 5.41) is 6.61. The minimum absolute atomic E-state index is 0.468. The first-order chi connectivity index (χ1) is 30.8. The third kappa shape index (κ3) is 4.39. The van der Waals surface area contributed by atoms with E-state index in [2.05, 4.69) is 199 Å². The van der Waals surface area contributed by atoms with Crippen molar-refractivity contribution in [3.63, 3.8) is 0 Å². The van der Waals surface area contributed by atoms with Crippen molar-refractivity contribution in [2.24, 2.45) is 0 Å². The molecule has 62 heavy (non-hydrogen) atoms. The van der Waals surface area contributed by atoms with Crippen molar-refractivity contribution in [2.45, 2.75) is 5.41 Å². The van der Waals surface area contributed by atoms with Crippen LogP contribution in [0.15, 0.2) is 221 Å². The topological polar surface area (TPSA) is 29.5 Å². The van der Waals surface area contributed by atoms with Gasteiger partial charge in [0.15, 0.2) is 0 Å². The molecule has 0 radical (unpaired) electrons. The fourth-order valence-electron chi connectivity index (χ4n) is 11.2. The second-order valence-corrected chi connectivity index (χ2v) is 16.7. The van der Waals surface area contributed by atoms with E-state index in [9.17, 15) is 0 Å². The molecule has 0 saturated heterocycles. The van der Waals surface area contributed by atoms with Crippen molar-refractivity contribution in [1.29, 1.82) is 0 Å². The third-order valence-electron chi connectivity index (χ3n) is 13.7. The summed E-state index contributed by atoms with van der Waals surface area (Å²) in [4.78, 5) is 2.43. The minimum Gasteiger partial charge on any atom is -0.456 e. The molecule has 1 spiro atoms. The van der Waals surface area contributed by atoms with E-state index in [1.165, 1.54) is 55.3 Å². The number of furan rings is 2. The summed E-state index contributed by atoms with van der Waals surface area (Å²) in [5.74, 6) is 0. The third-order valence-corrected chi connectivity index (χ3v) is 13.7. The monoisotopic (exact) mass is 789 g/mol. The minimum atomic E-state index is -0.468. The summed E-state index contributed by atoms with van der Waals surface area (Å²) in [5.41, 5.74) is 18.7. The standard InChI is InChI=1S/C59H35NO2/c1-2-17-37(18-3-1)60(38-29-30-45-44-22-8-12-27-51(44)59(52(45)35-38)49-25-10-6-20-42(49)43-21-7-11-26-50(43)59)39-33-47(41-24-14-16-36-15-4-5-19-40(36)41)58-48(34-39)57-55(62-58)32-31-54-56(57)46-23-9-13-28-53(46)61-54/h1-35H. The SMILES string of the molecule is c1ccc(N(c2ccc3c(c2)C2(c4ccccc4-c4ccccc42)c2ccccc2-3)c2cc(-c3cccc4ccccc34)c3oc4ccc5oc6ccccc6c5c4c3c2)cc1. The zero-order valence-corrected chi connectivity index (χ0v) is 33.5. The van der Waals surface area contributed by atoms with Gasteiger partial charge in [-0.2, -0.15) is 0 Å². The van der Waals surface area contributed by atoms with E-state index in [0.717, 1.165) is 72.1 Å². The highest BCUT2D eigenvalue weighted by molar-refractivity contribution is 6.27. The normalized spacial score (nSPS) is 13.3. The maximum atomic E-state index is 7.03. The van der Waals surface area contributed by atoms with Crippen LogP contribution in [-0.2, 0) is 5.41 Å². The summed E-state index contributed by atoms with van der Waals surface area (Å²) in [6, 6.07) is 77.3. The van der Waals surface area contributed by atoms with E-state index in [4.69, 9.17) is 8.83 Å². The second kappa shape index (κ2) is 12.4. The quantitative estimate of drug-likeness (QED) is 0.178. The molecule has 10 aromatic carbocycles. The zero-order valence-electron chi connectivity index (χ0n) is 33.5. The number of hydrogen-bond donors (Lipinski definition) is 0. The Bertz CT molecular complexity index is 3760. The molecule has 0 aliphatic heterocycles. The van der Waals surface area contributed by atoms with Crippen molar-refractivity contribution in [2.75, 3.05) is 4.90 Å². The molecule has 0 unspecified atom stereocenters. The zero-order chi connectivity index (χ0) is 40.5. The second-order valence-electron chi connectivity index (χ2n) is 16.7. The van der Waals surface area contributed by atoms with E-state index in [-0.39, 0.29) is 0 Å². The van der Waals surface area contributed by atoms with E-state index in [1.54, 1.807) is 0 Å². The lowest BCUT2D eigenvalue weighted by Gasteiger charge is -2.32. The summed E-state index contributed by atoms with van der Waals surface area (Å²) in [7, 11) is 0. The molecule has 0 fully saturated rings. The molecule has 288 valence electrons. The van der Waals surface area contributed by atoms with Gasteiger partial charge in [-0.25, -0.2) is 0 Å². The van der Waals surface area contributed by atoms with Gasteiger partial charge in [0.05, 0.1) is 5.41 Å². The average Bonchev–Trinajstić information content (AvgIpc) is 4.07. The van der Waals surface area contributed by atoms with Crippen molar-refractivity contribution >= 4 is 71.7 Å². The van der Waals surface area contributed by atoms with Gasteiger partial charge in [-0.1, -0.05) is 158 Å². The largest absolute Gasteiger partial charge is 0.456 e. The number of anilines is 3. The Kier molecular flexibility index (Phi) is 6.76. The number of rotatable bonds is 4. The summed E-state index contributed by atoms with van der Waals surface area (Å²) < 4.78 is 13.5. The molecule has 0 saturated carbocycles. The first-order valence-electron chi connectivity index (χ1n) is 21.3. The molecule has 3 nitrogen and oxygen atoms in total. The Morgan fingerprint density at radius 1 is 0.306 bits per heavy atom. The van der Waals surface area contributed by atoms with Gasteiger partial charge in [-0.05, 0) is 115 Å². The van der Waals surface area contributed by atoms with Crippen LogP contribution in [0.1, 0.15) is 22.3 Å². The molecular weight excluding hydrogens is 755 g/mol. The Morgan fingerprint density at radius 3 is 1.61 bits per heavy atom. The summed E-state index contributed by atoms with van der Waals surface area (Å²) >= 11 is 0. The van der Waals surface area contributed by atoms with Crippen molar-refractivity contribution in [3.05, 3.63) is 235 Å². The Hall–Kier alpha value is -8.14. The molecule has 2 aromatic heterocycles.